The molecule has 0 saturated carbocycles. The molecule has 0 fully saturated rings. The molecule has 0 aliphatic carbocycles. The van der Waals surface area contributed by atoms with Crippen molar-refractivity contribution in [3.63, 3.8) is 0 Å². The summed E-state index contributed by atoms with van der Waals surface area (Å²) in [5.74, 6) is 0.821. The van der Waals surface area contributed by atoms with E-state index in [1.807, 2.05) is 24.3 Å². The largest absolute Gasteiger partial charge is 0.497 e. The number of hydrogen-bond acceptors (Lipinski definition) is 3. The lowest BCUT2D eigenvalue weighted by atomic mass is 10.2. The molecule has 5 heteroatoms. The maximum absolute atomic E-state index is 5.97. The number of nitrogen functional groups attached to an aromatic ring is 1. The fraction of sp³-hybridized carbons (Fsp3) is 0.143. The number of halogens is 2. The van der Waals surface area contributed by atoms with Crippen LogP contribution in [0.3, 0.4) is 0 Å². The molecule has 0 bridgehead atoms. The molecule has 3 N–H and O–H groups in total. The molecule has 0 amide bonds. The van der Waals surface area contributed by atoms with Gasteiger partial charge in [0.15, 0.2) is 0 Å². The number of rotatable bonds is 4. The van der Waals surface area contributed by atoms with Crippen LogP contribution in [0.1, 0.15) is 5.56 Å². The minimum atomic E-state index is 0.450. The van der Waals surface area contributed by atoms with Crippen molar-refractivity contribution in [2.75, 3.05) is 18.2 Å². The molecule has 0 aliphatic rings. The Hall–Kier alpha value is -1.58. The van der Waals surface area contributed by atoms with Gasteiger partial charge in [-0.05, 0) is 29.8 Å². The first kappa shape index (κ1) is 13.8. The van der Waals surface area contributed by atoms with Crippen LogP contribution in [0.15, 0.2) is 36.4 Å². The van der Waals surface area contributed by atoms with Gasteiger partial charge >= 0.3 is 0 Å². The summed E-state index contributed by atoms with van der Waals surface area (Å²) in [6.45, 7) is 0.624. The van der Waals surface area contributed by atoms with E-state index in [1.165, 1.54) is 0 Å². The summed E-state index contributed by atoms with van der Waals surface area (Å²) in [7, 11) is 1.64. The predicted octanol–water partition coefficient (Wildman–Crippen LogP) is 4.20. The van der Waals surface area contributed by atoms with Crippen LogP contribution in [0.5, 0.6) is 5.75 Å². The lowest BCUT2D eigenvalue weighted by molar-refractivity contribution is 0.414. The summed E-state index contributed by atoms with van der Waals surface area (Å²) in [6.07, 6.45) is 0. The highest BCUT2D eigenvalue weighted by Crippen LogP contribution is 2.31. The van der Waals surface area contributed by atoms with Crippen LogP contribution >= 0.6 is 23.2 Å². The van der Waals surface area contributed by atoms with Crippen LogP contribution in [0.2, 0.25) is 10.0 Å². The first-order valence-corrected chi connectivity index (χ1v) is 6.47. The molecule has 2 rings (SSSR count). The maximum Gasteiger partial charge on any atom is 0.119 e. The van der Waals surface area contributed by atoms with Crippen molar-refractivity contribution in [1.82, 2.24) is 0 Å². The summed E-state index contributed by atoms with van der Waals surface area (Å²) < 4.78 is 5.17. The highest BCUT2D eigenvalue weighted by atomic mass is 35.5. The molecule has 3 nitrogen and oxygen atoms in total. The van der Waals surface area contributed by atoms with Crippen molar-refractivity contribution in [2.45, 2.75) is 6.54 Å². The zero-order valence-corrected chi connectivity index (χ0v) is 11.9. The molecule has 0 unspecified atom stereocenters. The number of benzene rings is 2. The Morgan fingerprint density at radius 1 is 1.16 bits per heavy atom. The topological polar surface area (TPSA) is 47.3 Å². The van der Waals surface area contributed by atoms with Crippen LogP contribution in [-0.4, -0.2) is 7.11 Å². The third kappa shape index (κ3) is 3.46. The van der Waals surface area contributed by atoms with Gasteiger partial charge in [0, 0.05) is 6.54 Å². The normalized spacial score (nSPS) is 10.3. The molecular weight excluding hydrogens is 283 g/mol. The van der Waals surface area contributed by atoms with Crippen LogP contribution < -0.4 is 15.8 Å². The lowest BCUT2D eigenvalue weighted by Gasteiger charge is -2.11. The predicted molar refractivity (Wildman–Crippen MR) is 81.2 cm³/mol. The van der Waals surface area contributed by atoms with Gasteiger partial charge in [0.2, 0.25) is 0 Å². The number of nitrogens with one attached hydrogen (secondary N) is 1. The second kappa shape index (κ2) is 6.04. The monoisotopic (exact) mass is 296 g/mol. The molecule has 0 heterocycles. The quantitative estimate of drug-likeness (QED) is 0.832. The standard InChI is InChI=1S/C14H14Cl2N2O/c1-19-10-4-2-3-9(5-10)8-18-14-7-12(16)11(15)6-13(14)17/h2-7,18H,8,17H2,1H3. The zero-order chi connectivity index (χ0) is 13.8. The Morgan fingerprint density at radius 3 is 2.63 bits per heavy atom. The van der Waals surface area contributed by atoms with E-state index in [0.29, 0.717) is 22.3 Å². The Kier molecular flexibility index (Phi) is 4.40. The van der Waals surface area contributed by atoms with Crippen LogP contribution in [-0.2, 0) is 6.54 Å². The first-order valence-electron chi connectivity index (χ1n) is 5.71. The molecule has 0 atom stereocenters. The van der Waals surface area contributed by atoms with Crippen molar-refractivity contribution in [3.05, 3.63) is 52.0 Å². The van der Waals surface area contributed by atoms with Gasteiger partial charge in [-0.1, -0.05) is 35.3 Å². The summed E-state index contributed by atoms with van der Waals surface area (Å²) in [4.78, 5) is 0. The molecule has 19 heavy (non-hydrogen) atoms. The number of ether oxygens (including phenoxy) is 1. The number of nitrogens with two attached hydrogens (primary N) is 1. The third-order valence-electron chi connectivity index (χ3n) is 2.71. The van der Waals surface area contributed by atoms with Gasteiger partial charge in [0.25, 0.3) is 0 Å². The minimum absolute atomic E-state index is 0.450. The van der Waals surface area contributed by atoms with E-state index in [9.17, 15) is 0 Å². The Labute approximate surface area is 122 Å². The van der Waals surface area contributed by atoms with E-state index in [4.69, 9.17) is 33.7 Å². The van der Waals surface area contributed by atoms with E-state index in [2.05, 4.69) is 5.32 Å². The number of anilines is 2. The SMILES string of the molecule is COc1cccc(CNc2cc(Cl)c(Cl)cc2N)c1. The van der Waals surface area contributed by atoms with Gasteiger partial charge < -0.3 is 15.8 Å². The van der Waals surface area contributed by atoms with Crippen molar-refractivity contribution in [3.8, 4) is 5.75 Å². The third-order valence-corrected chi connectivity index (χ3v) is 3.43. The van der Waals surface area contributed by atoms with Crippen molar-refractivity contribution in [2.24, 2.45) is 0 Å². The minimum Gasteiger partial charge on any atom is -0.497 e. The second-order valence-corrected chi connectivity index (χ2v) is 4.87. The molecular formula is C14H14Cl2N2O. The summed E-state index contributed by atoms with van der Waals surface area (Å²) >= 11 is 11.9. The molecule has 0 radical (unpaired) electrons. The molecule has 0 aromatic heterocycles. The van der Waals surface area contributed by atoms with Crippen LogP contribution in [0, 0.1) is 0 Å². The van der Waals surface area contributed by atoms with Crippen molar-refractivity contribution < 1.29 is 4.74 Å². The lowest BCUT2D eigenvalue weighted by Crippen LogP contribution is -2.02. The van der Waals surface area contributed by atoms with E-state index in [1.54, 1.807) is 19.2 Å². The van der Waals surface area contributed by atoms with Crippen molar-refractivity contribution in [1.29, 1.82) is 0 Å². The van der Waals surface area contributed by atoms with E-state index in [-0.39, 0.29) is 0 Å². The fourth-order valence-electron chi connectivity index (χ4n) is 1.70. The molecule has 100 valence electrons. The maximum atomic E-state index is 5.97. The number of hydrogen-bond donors (Lipinski definition) is 2. The molecule has 0 spiro atoms. The van der Waals surface area contributed by atoms with E-state index in [0.717, 1.165) is 17.0 Å². The molecule has 2 aromatic carbocycles. The molecule has 2 aromatic rings. The average Bonchev–Trinajstić information content (AvgIpc) is 2.41. The smallest absolute Gasteiger partial charge is 0.119 e. The molecule has 0 aliphatic heterocycles. The summed E-state index contributed by atoms with van der Waals surface area (Å²) in [5.41, 5.74) is 8.30. The van der Waals surface area contributed by atoms with Crippen LogP contribution in [0.4, 0.5) is 11.4 Å². The van der Waals surface area contributed by atoms with Gasteiger partial charge in [0.05, 0.1) is 28.5 Å². The van der Waals surface area contributed by atoms with E-state index < -0.39 is 0 Å². The van der Waals surface area contributed by atoms with Crippen molar-refractivity contribution >= 4 is 34.6 Å². The fourth-order valence-corrected chi connectivity index (χ4v) is 2.03. The van der Waals surface area contributed by atoms with Gasteiger partial charge in [-0.2, -0.15) is 0 Å². The van der Waals surface area contributed by atoms with Gasteiger partial charge in [-0.15, -0.1) is 0 Å². The first-order chi connectivity index (χ1) is 9.10. The summed E-state index contributed by atoms with van der Waals surface area (Å²) in [5, 5.41) is 4.15. The average molecular weight is 297 g/mol. The second-order valence-electron chi connectivity index (χ2n) is 4.06. The van der Waals surface area contributed by atoms with Gasteiger partial charge in [0.1, 0.15) is 5.75 Å². The van der Waals surface area contributed by atoms with Gasteiger partial charge in [-0.25, -0.2) is 0 Å². The zero-order valence-electron chi connectivity index (χ0n) is 10.4. The summed E-state index contributed by atoms with van der Waals surface area (Å²) in [6, 6.07) is 11.2. The van der Waals surface area contributed by atoms with Crippen LogP contribution in [0.25, 0.3) is 0 Å². The highest BCUT2D eigenvalue weighted by Gasteiger charge is 2.05. The van der Waals surface area contributed by atoms with E-state index >= 15 is 0 Å². The Bertz CT molecular complexity index is 588. The highest BCUT2D eigenvalue weighted by molar-refractivity contribution is 6.42. The Morgan fingerprint density at radius 2 is 1.89 bits per heavy atom. The molecule has 0 saturated heterocycles. The Balaban J connectivity index is 2.12. The number of methoxy groups -OCH3 is 1. The van der Waals surface area contributed by atoms with Gasteiger partial charge in [-0.3, -0.25) is 0 Å².